The van der Waals surface area contributed by atoms with Crippen LogP contribution in [0, 0.1) is 13.8 Å². The van der Waals surface area contributed by atoms with Gasteiger partial charge in [0.15, 0.2) is 0 Å². The summed E-state index contributed by atoms with van der Waals surface area (Å²) in [5, 5.41) is 0. The molecule has 0 spiro atoms. The van der Waals surface area contributed by atoms with Gasteiger partial charge in [0.25, 0.3) is 0 Å². The van der Waals surface area contributed by atoms with Gasteiger partial charge in [-0.3, -0.25) is 0 Å². The fourth-order valence-electron chi connectivity index (χ4n) is 2.35. The maximum atomic E-state index is 11.9. The first-order valence-corrected chi connectivity index (χ1v) is 8.48. The van der Waals surface area contributed by atoms with Gasteiger partial charge in [0.05, 0.1) is 12.3 Å². The summed E-state index contributed by atoms with van der Waals surface area (Å²) in [7, 11) is -3.14. The van der Waals surface area contributed by atoms with Gasteiger partial charge in [-0.1, -0.05) is 0 Å². The molecule has 0 radical (unpaired) electrons. The van der Waals surface area contributed by atoms with Crippen molar-refractivity contribution in [3.63, 3.8) is 0 Å². The van der Waals surface area contributed by atoms with E-state index in [2.05, 4.69) is 9.97 Å². The lowest BCUT2D eigenvalue weighted by Crippen LogP contribution is -2.45. The zero-order valence-corrected chi connectivity index (χ0v) is 13.0. The monoisotopic (exact) mass is 299 g/mol. The number of rotatable bonds is 4. The van der Waals surface area contributed by atoms with Crippen molar-refractivity contribution in [2.24, 2.45) is 0 Å². The topological polar surface area (TPSA) is 72.4 Å². The molecule has 0 aromatic carbocycles. The highest BCUT2D eigenvalue weighted by Gasteiger charge is 2.28. The third kappa shape index (κ3) is 3.67. The van der Waals surface area contributed by atoms with Gasteiger partial charge in [0, 0.05) is 18.3 Å². The lowest BCUT2D eigenvalue weighted by molar-refractivity contribution is 0.124. The number of aromatic nitrogens is 2. The fraction of sp³-hybridized carbons (Fsp3) is 0.692. The summed E-state index contributed by atoms with van der Waals surface area (Å²) >= 11 is 0. The van der Waals surface area contributed by atoms with Crippen LogP contribution in [-0.2, 0) is 10.0 Å². The SMILES string of the molecule is CCS(=O)(=O)N1CCCC(Oc2cc(C)nc(C)n2)C1. The summed E-state index contributed by atoms with van der Waals surface area (Å²) < 4.78 is 31.2. The zero-order chi connectivity index (χ0) is 14.8. The van der Waals surface area contributed by atoms with Crippen molar-refractivity contribution >= 4 is 10.0 Å². The van der Waals surface area contributed by atoms with Crippen LogP contribution in [0.1, 0.15) is 31.3 Å². The van der Waals surface area contributed by atoms with Gasteiger partial charge < -0.3 is 4.74 Å². The Kier molecular flexibility index (Phi) is 4.59. The van der Waals surface area contributed by atoms with E-state index in [1.807, 2.05) is 13.8 Å². The molecule has 20 heavy (non-hydrogen) atoms. The molecule has 1 saturated heterocycles. The number of aryl methyl sites for hydroxylation is 2. The molecule has 1 aromatic heterocycles. The maximum Gasteiger partial charge on any atom is 0.217 e. The van der Waals surface area contributed by atoms with Gasteiger partial charge >= 0.3 is 0 Å². The summed E-state index contributed by atoms with van der Waals surface area (Å²) in [6.07, 6.45) is 1.52. The predicted octanol–water partition coefficient (Wildman–Crippen LogP) is 1.29. The number of hydrogen-bond donors (Lipinski definition) is 0. The summed E-state index contributed by atoms with van der Waals surface area (Å²) in [6, 6.07) is 1.78. The maximum absolute atomic E-state index is 11.9. The van der Waals surface area contributed by atoms with Crippen molar-refractivity contribution in [2.75, 3.05) is 18.8 Å². The number of hydrogen-bond acceptors (Lipinski definition) is 5. The first-order valence-electron chi connectivity index (χ1n) is 6.87. The van der Waals surface area contributed by atoms with Gasteiger partial charge in [0.2, 0.25) is 15.9 Å². The van der Waals surface area contributed by atoms with E-state index in [-0.39, 0.29) is 11.9 Å². The van der Waals surface area contributed by atoms with E-state index in [1.54, 1.807) is 13.0 Å². The molecule has 6 nitrogen and oxygen atoms in total. The Morgan fingerprint density at radius 2 is 2.15 bits per heavy atom. The molecule has 1 fully saturated rings. The number of sulfonamides is 1. The van der Waals surface area contributed by atoms with Crippen molar-refractivity contribution < 1.29 is 13.2 Å². The highest BCUT2D eigenvalue weighted by Crippen LogP contribution is 2.19. The van der Waals surface area contributed by atoms with Gasteiger partial charge in [0.1, 0.15) is 11.9 Å². The van der Waals surface area contributed by atoms with E-state index in [1.165, 1.54) is 4.31 Å². The molecule has 0 aliphatic carbocycles. The Labute approximate surface area is 120 Å². The van der Waals surface area contributed by atoms with Crippen LogP contribution < -0.4 is 4.74 Å². The second kappa shape index (κ2) is 6.05. The smallest absolute Gasteiger partial charge is 0.217 e. The second-order valence-electron chi connectivity index (χ2n) is 5.04. The van der Waals surface area contributed by atoms with Crippen LogP contribution >= 0.6 is 0 Å². The summed E-state index contributed by atoms with van der Waals surface area (Å²) in [4.78, 5) is 8.43. The van der Waals surface area contributed by atoms with Crippen molar-refractivity contribution in [1.29, 1.82) is 0 Å². The van der Waals surface area contributed by atoms with E-state index >= 15 is 0 Å². The number of piperidine rings is 1. The van der Waals surface area contributed by atoms with Crippen molar-refractivity contribution in [2.45, 2.75) is 39.7 Å². The minimum atomic E-state index is -3.14. The van der Waals surface area contributed by atoms with Crippen LogP contribution in [0.25, 0.3) is 0 Å². The molecule has 0 saturated carbocycles. The minimum Gasteiger partial charge on any atom is -0.473 e. The summed E-state index contributed by atoms with van der Waals surface area (Å²) in [6.45, 7) is 6.35. The van der Waals surface area contributed by atoms with Crippen LogP contribution in [0.4, 0.5) is 0 Å². The van der Waals surface area contributed by atoms with Crippen molar-refractivity contribution in [3.05, 3.63) is 17.6 Å². The van der Waals surface area contributed by atoms with Gasteiger partial charge in [-0.05, 0) is 33.6 Å². The molecule has 2 rings (SSSR count). The lowest BCUT2D eigenvalue weighted by Gasteiger charge is -2.31. The van der Waals surface area contributed by atoms with Gasteiger partial charge in [-0.2, -0.15) is 9.29 Å². The van der Waals surface area contributed by atoms with E-state index in [0.717, 1.165) is 18.5 Å². The minimum absolute atomic E-state index is 0.130. The first-order chi connectivity index (χ1) is 9.40. The molecule has 0 bridgehead atoms. The molecule has 1 aliphatic rings. The zero-order valence-electron chi connectivity index (χ0n) is 12.2. The molecular weight excluding hydrogens is 278 g/mol. The normalized spacial score (nSPS) is 20.9. The standard InChI is InChI=1S/C13H21N3O3S/c1-4-20(17,18)16-7-5-6-12(9-16)19-13-8-10(2)14-11(3)15-13/h8,12H,4-7,9H2,1-3H3. The highest BCUT2D eigenvalue weighted by molar-refractivity contribution is 7.89. The quantitative estimate of drug-likeness (QED) is 0.837. The third-order valence-corrected chi connectivity index (χ3v) is 5.18. The average molecular weight is 299 g/mol. The second-order valence-corrected chi connectivity index (χ2v) is 7.29. The van der Waals surface area contributed by atoms with Crippen molar-refractivity contribution in [3.8, 4) is 5.88 Å². The number of ether oxygens (including phenoxy) is 1. The Balaban J connectivity index is 2.06. The van der Waals surface area contributed by atoms with Crippen LogP contribution in [0.5, 0.6) is 5.88 Å². The molecule has 1 atom stereocenters. The van der Waals surface area contributed by atoms with Crippen LogP contribution in [0.3, 0.4) is 0 Å². The van der Waals surface area contributed by atoms with E-state index < -0.39 is 10.0 Å². The Bertz CT molecular complexity index is 554. The average Bonchev–Trinajstić information content (AvgIpc) is 2.38. The molecule has 0 N–H and O–H groups in total. The Hall–Kier alpha value is -1.21. The molecule has 2 heterocycles. The Morgan fingerprint density at radius 1 is 1.40 bits per heavy atom. The summed E-state index contributed by atoms with van der Waals surface area (Å²) in [5.41, 5.74) is 0.848. The first kappa shape index (κ1) is 15.2. The molecule has 0 amide bonds. The van der Waals surface area contributed by atoms with Crippen molar-refractivity contribution in [1.82, 2.24) is 14.3 Å². The highest BCUT2D eigenvalue weighted by atomic mass is 32.2. The molecule has 1 aromatic rings. The molecule has 7 heteroatoms. The van der Waals surface area contributed by atoms with Crippen LogP contribution in [-0.4, -0.2) is 47.6 Å². The molecular formula is C13H21N3O3S. The lowest BCUT2D eigenvalue weighted by atomic mass is 10.1. The van der Waals surface area contributed by atoms with E-state index in [9.17, 15) is 8.42 Å². The Morgan fingerprint density at radius 3 is 2.80 bits per heavy atom. The fourth-order valence-corrected chi connectivity index (χ4v) is 3.52. The van der Waals surface area contributed by atoms with Gasteiger partial charge in [-0.15, -0.1) is 0 Å². The van der Waals surface area contributed by atoms with E-state index in [0.29, 0.717) is 24.8 Å². The predicted molar refractivity (Wildman–Crippen MR) is 76.2 cm³/mol. The van der Waals surface area contributed by atoms with Crippen LogP contribution in [0.2, 0.25) is 0 Å². The summed E-state index contributed by atoms with van der Waals surface area (Å²) in [5.74, 6) is 1.32. The van der Waals surface area contributed by atoms with Crippen LogP contribution in [0.15, 0.2) is 6.07 Å². The number of nitrogens with zero attached hydrogens (tertiary/aromatic N) is 3. The molecule has 1 aliphatic heterocycles. The van der Waals surface area contributed by atoms with E-state index in [4.69, 9.17) is 4.74 Å². The van der Waals surface area contributed by atoms with Gasteiger partial charge in [-0.25, -0.2) is 13.4 Å². The largest absolute Gasteiger partial charge is 0.473 e. The third-order valence-electron chi connectivity index (χ3n) is 3.33. The molecule has 1 unspecified atom stereocenters. The molecule has 112 valence electrons.